The molecule has 0 aliphatic heterocycles. The van der Waals surface area contributed by atoms with Crippen LogP contribution in [-0.4, -0.2) is 25.0 Å². The molecule has 0 N–H and O–H groups in total. The van der Waals surface area contributed by atoms with Crippen LogP contribution in [0, 0.1) is 5.41 Å². The van der Waals surface area contributed by atoms with E-state index >= 15 is 0 Å². The number of esters is 1. The summed E-state index contributed by atoms with van der Waals surface area (Å²) < 4.78 is 17.6. The molecule has 2 aromatic carbocycles. The molecule has 0 spiro atoms. The number of benzene rings is 2. The van der Waals surface area contributed by atoms with E-state index in [0.717, 1.165) is 42.6 Å². The largest absolute Gasteiger partial charge is 0.493 e. The molecule has 0 aliphatic carbocycles. The fourth-order valence-corrected chi connectivity index (χ4v) is 3.24. The second-order valence-electron chi connectivity index (χ2n) is 9.72. The van der Waals surface area contributed by atoms with Gasteiger partial charge < -0.3 is 14.2 Å². The first-order chi connectivity index (χ1) is 17.2. The Balaban J connectivity index is 2.33. The number of unbranched alkanes of at least 4 members (excludes halogenated alkanes) is 2. The minimum atomic E-state index is -0.606. The number of ketones is 1. The number of hydrogen-bond acceptors (Lipinski definition) is 5. The normalized spacial score (nSPS) is 11.4. The van der Waals surface area contributed by atoms with Gasteiger partial charge in [0.2, 0.25) is 0 Å². The van der Waals surface area contributed by atoms with Crippen LogP contribution in [-0.2, 0) is 11.2 Å². The summed E-state index contributed by atoms with van der Waals surface area (Å²) in [6.07, 6.45) is 9.71. The van der Waals surface area contributed by atoms with Crippen molar-refractivity contribution in [3.63, 3.8) is 0 Å². The maximum absolute atomic E-state index is 13.0. The Bertz CT molecular complexity index is 1040. The molecule has 5 heteroatoms. The first-order valence-electron chi connectivity index (χ1n) is 12.8. The second-order valence-corrected chi connectivity index (χ2v) is 9.72. The Kier molecular flexibility index (Phi) is 11.5. The van der Waals surface area contributed by atoms with E-state index in [1.165, 1.54) is 6.08 Å². The third-order valence-corrected chi connectivity index (χ3v) is 5.46. The summed E-state index contributed by atoms with van der Waals surface area (Å²) in [4.78, 5) is 25.1. The zero-order valence-electron chi connectivity index (χ0n) is 22.4. The van der Waals surface area contributed by atoms with E-state index in [-0.39, 0.29) is 11.8 Å². The van der Waals surface area contributed by atoms with Gasteiger partial charge in [0.25, 0.3) is 0 Å². The van der Waals surface area contributed by atoms with Crippen molar-refractivity contribution in [1.29, 1.82) is 0 Å². The van der Waals surface area contributed by atoms with E-state index < -0.39 is 5.41 Å². The van der Waals surface area contributed by atoms with Crippen LogP contribution < -0.4 is 14.2 Å². The zero-order chi connectivity index (χ0) is 26.6. The molecule has 0 atom stereocenters. The van der Waals surface area contributed by atoms with Crippen LogP contribution >= 0.6 is 0 Å². The van der Waals surface area contributed by atoms with E-state index in [9.17, 15) is 9.59 Å². The number of hydrogen-bond donors (Lipinski definition) is 0. The summed E-state index contributed by atoms with van der Waals surface area (Å²) in [6.45, 7) is 14.7. The fourth-order valence-electron chi connectivity index (χ4n) is 3.24. The molecule has 0 radical (unpaired) electrons. The molecule has 0 bridgehead atoms. The lowest BCUT2D eigenvalue weighted by atomic mass is 9.97. The summed E-state index contributed by atoms with van der Waals surface area (Å²) in [5, 5.41) is 0. The van der Waals surface area contributed by atoms with Gasteiger partial charge >= 0.3 is 5.97 Å². The topological polar surface area (TPSA) is 61.8 Å². The van der Waals surface area contributed by atoms with Gasteiger partial charge in [-0.15, -0.1) is 6.58 Å². The number of allylic oxidation sites excluding steroid dienone is 2. The molecule has 2 aromatic rings. The summed E-state index contributed by atoms with van der Waals surface area (Å²) in [7, 11) is 0. The average Bonchev–Trinajstić information content (AvgIpc) is 2.84. The standard InChI is InChI=1S/C31H40O5/c1-7-10-21-34-28-20-15-24(12-9-3)29(35-22-11-8-2)26(28)18-19-27(32)23-13-16-25(17-14-23)36-30(33)31(4,5)6/h9,13-20H,3,7-8,10-12,21-22H2,1-2,4-6H3/b19-18+. The van der Waals surface area contributed by atoms with Gasteiger partial charge in [-0.3, -0.25) is 9.59 Å². The highest BCUT2D eigenvalue weighted by molar-refractivity contribution is 6.07. The van der Waals surface area contributed by atoms with E-state index in [0.29, 0.717) is 36.7 Å². The van der Waals surface area contributed by atoms with Crippen LogP contribution in [0.3, 0.4) is 0 Å². The molecule has 0 heterocycles. The minimum Gasteiger partial charge on any atom is -0.493 e. The quantitative estimate of drug-likeness (QED) is 0.0678. The number of rotatable bonds is 14. The van der Waals surface area contributed by atoms with Crippen LogP contribution in [0.25, 0.3) is 6.08 Å². The predicted molar refractivity (Wildman–Crippen MR) is 146 cm³/mol. The predicted octanol–water partition coefficient (Wildman–Crippen LogP) is 7.62. The summed E-state index contributed by atoms with van der Waals surface area (Å²) >= 11 is 0. The molecular formula is C31H40O5. The highest BCUT2D eigenvalue weighted by atomic mass is 16.5. The van der Waals surface area contributed by atoms with Gasteiger partial charge in [-0.1, -0.05) is 38.8 Å². The Morgan fingerprint density at radius 3 is 2.14 bits per heavy atom. The number of carbonyl (C=O) groups excluding carboxylic acids is 2. The van der Waals surface area contributed by atoms with Gasteiger partial charge in [-0.2, -0.15) is 0 Å². The highest BCUT2D eigenvalue weighted by Crippen LogP contribution is 2.35. The van der Waals surface area contributed by atoms with Crippen LogP contribution in [0.2, 0.25) is 0 Å². The second kappa shape index (κ2) is 14.3. The van der Waals surface area contributed by atoms with Crippen molar-refractivity contribution in [1.82, 2.24) is 0 Å². The van der Waals surface area contributed by atoms with E-state index in [4.69, 9.17) is 14.2 Å². The number of ether oxygens (including phenoxy) is 3. The van der Waals surface area contributed by atoms with Gasteiger partial charge in [0.15, 0.2) is 5.78 Å². The smallest absolute Gasteiger partial charge is 0.316 e. The van der Waals surface area contributed by atoms with Gasteiger partial charge in [0.05, 0.1) is 24.2 Å². The molecule has 0 saturated carbocycles. The zero-order valence-corrected chi connectivity index (χ0v) is 22.4. The van der Waals surface area contributed by atoms with Crippen molar-refractivity contribution in [3.8, 4) is 17.2 Å². The van der Waals surface area contributed by atoms with Gasteiger partial charge in [-0.05, 0) is 88.1 Å². The monoisotopic (exact) mass is 492 g/mol. The SMILES string of the molecule is C=CCc1ccc(OCCCC)c(/C=C/C(=O)c2ccc(OC(=O)C(C)(C)C)cc2)c1OCCCC. The lowest BCUT2D eigenvalue weighted by molar-refractivity contribution is -0.143. The maximum atomic E-state index is 13.0. The molecule has 5 nitrogen and oxygen atoms in total. The van der Waals surface area contributed by atoms with Crippen LogP contribution in [0.15, 0.2) is 55.1 Å². The minimum absolute atomic E-state index is 0.170. The number of carbonyl (C=O) groups is 2. The first kappa shape index (κ1) is 28.9. The van der Waals surface area contributed by atoms with E-state index in [2.05, 4.69) is 20.4 Å². The van der Waals surface area contributed by atoms with E-state index in [1.54, 1.807) is 51.1 Å². The van der Waals surface area contributed by atoms with E-state index in [1.807, 2.05) is 18.2 Å². The summed E-state index contributed by atoms with van der Waals surface area (Å²) in [5.41, 5.74) is 1.64. The van der Waals surface area contributed by atoms with Crippen molar-refractivity contribution >= 4 is 17.8 Å². The Hall–Kier alpha value is -3.34. The van der Waals surface area contributed by atoms with Crippen LogP contribution in [0.4, 0.5) is 0 Å². The third-order valence-electron chi connectivity index (χ3n) is 5.46. The third kappa shape index (κ3) is 8.71. The van der Waals surface area contributed by atoms with Crippen molar-refractivity contribution in [2.45, 2.75) is 66.7 Å². The molecule has 36 heavy (non-hydrogen) atoms. The molecule has 0 unspecified atom stereocenters. The van der Waals surface area contributed by atoms with Crippen molar-refractivity contribution < 1.29 is 23.8 Å². The molecule has 194 valence electrons. The Morgan fingerprint density at radius 2 is 1.56 bits per heavy atom. The summed E-state index contributed by atoms with van der Waals surface area (Å²) in [6, 6.07) is 10.5. The maximum Gasteiger partial charge on any atom is 0.316 e. The molecule has 0 amide bonds. The van der Waals surface area contributed by atoms with Gasteiger partial charge in [0, 0.05) is 5.56 Å². The van der Waals surface area contributed by atoms with Crippen molar-refractivity contribution in [2.24, 2.45) is 5.41 Å². The van der Waals surface area contributed by atoms with Gasteiger partial charge in [-0.25, -0.2) is 0 Å². The highest BCUT2D eigenvalue weighted by Gasteiger charge is 2.23. The fraction of sp³-hybridized carbons (Fsp3) is 0.419. The molecule has 0 aliphatic rings. The molecule has 0 saturated heterocycles. The first-order valence-corrected chi connectivity index (χ1v) is 12.8. The average molecular weight is 493 g/mol. The molecule has 2 rings (SSSR count). The van der Waals surface area contributed by atoms with Crippen LogP contribution in [0.5, 0.6) is 17.2 Å². The van der Waals surface area contributed by atoms with Crippen LogP contribution in [0.1, 0.15) is 81.8 Å². The Labute approximate surface area is 216 Å². The van der Waals surface area contributed by atoms with Crippen molar-refractivity contribution in [3.05, 3.63) is 71.8 Å². The molecule has 0 aromatic heterocycles. The summed E-state index contributed by atoms with van der Waals surface area (Å²) in [5.74, 6) is 1.33. The lowest BCUT2D eigenvalue weighted by Crippen LogP contribution is -2.25. The molecular weight excluding hydrogens is 452 g/mol. The molecule has 0 fully saturated rings. The Morgan fingerprint density at radius 1 is 0.917 bits per heavy atom. The van der Waals surface area contributed by atoms with Crippen molar-refractivity contribution in [2.75, 3.05) is 13.2 Å². The van der Waals surface area contributed by atoms with Gasteiger partial charge in [0.1, 0.15) is 17.2 Å². The lowest BCUT2D eigenvalue weighted by Gasteiger charge is -2.17.